The quantitative estimate of drug-likeness (QED) is 0.217. The van der Waals surface area contributed by atoms with E-state index in [4.69, 9.17) is 14.0 Å². The first-order valence-corrected chi connectivity index (χ1v) is 10.7. The van der Waals surface area contributed by atoms with Crippen LogP contribution in [0.25, 0.3) is 0 Å². The first kappa shape index (κ1) is 26.4. The summed E-state index contributed by atoms with van der Waals surface area (Å²) in [7, 11) is 1.69. The normalized spacial score (nSPS) is 11.2. The number of aliphatic imine (C=N–C) groups is 1. The first-order valence-electron chi connectivity index (χ1n) is 10.7. The maximum atomic E-state index is 5.71. The third kappa shape index (κ3) is 8.56. The van der Waals surface area contributed by atoms with Gasteiger partial charge in [0.05, 0.1) is 13.2 Å². The lowest BCUT2D eigenvalue weighted by atomic mass is 10.1. The molecule has 1 aromatic heterocycles. The molecule has 0 aliphatic heterocycles. The van der Waals surface area contributed by atoms with Gasteiger partial charge >= 0.3 is 0 Å². The molecule has 3 rings (SSSR count). The van der Waals surface area contributed by atoms with Gasteiger partial charge in [0.2, 0.25) is 5.89 Å². The van der Waals surface area contributed by atoms with Crippen LogP contribution in [0.5, 0.6) is 11.5 Å². The molecular weight excluding hydrogens is 533 g/mol. The number of guanidine groups is 1. The number of nitrogens with one attached hydrogen (secondary N) is 2. The number of aromatic nitrogens is 2. The Bertz CT molecular complexity index is 1030. The van der Waals surface area contributed by atoms with Crippen molar-refractivity contribution >= 4 is 35.6 Å². The average Bonchev–Trinajstić information content (AvgIpc) is 3.18. The smallest absolute Gasteiger partial charge is 0.248 e. The van der Waals surface area contributed by atoms with Crippen LogP contribution in [0.4, 0.5) is 5.69 Å². The van der Waals surface area contributed by atoms with Crippen molar-refractivity contribution in [1.82, 2.24) is 15.5 Å². The molecule has 0 aliphatic rings. The summed E-state index contributed by atoms with van der Waals surface area (Å²) in [5.41, 5.74) is 3.23. The molecule has 2 aromatic carbocycles. The number of aryl methyl sites for hydroxylation is 2. The first-order chi connectivity index (χ1) is 15.4. The third-order valence-electron chi connectivity index (χ3n) is 4.55. The molecule has 0 saturated heterocycles. The minimum Gasteiger partial charge on any atom is -0.496 e. The fraction of sp³-hybridized carbons (Fsp3) is 0.375. The Morgan fingerprint density at radius 1 is 1.12 bits per heavy atom. The number of ether oxygens (including phenoxy) is 2. The number of hydrogen-bond donors (Lipinski definition) is 2. The van der Waals surface area contributed by atoms with Crippen LogP contribution in [0.2, 0.25) is 0 Å². The number of methoxy groups -OCH3 is 1. The summed E-state index contributed by atoms with van der Waals surface area (Å²) in [6.45, 7) is 8.81. The summed E-state index contributed by atoms with van der Waals surface area (Å²) in [6.07, 6.45) is 0.913. The standard InChI is InChI=1S/C24H31N5O3.HI/c1-16(2)31-21-9-7-20(8-10-21)28-24(26-15-23-27-18(4)29-32-23)25-13-12-19-14-17(3)6-11-22(19)30-5;/h6-11,14,16H,12-13,15H2,1-5H3,(H2,25,26,28);1H. The number of benzene rings is 2. The molecule has 0 atom stereocenters. The van der Waals surface area contributed by atoms with Crippen molar-refractivity contribution in [3.8, 4) is 11.5 Å². The van der Waals surface area contributed by atoms with E-state index in [-0.39, 0.29) is 36.6 Å². The molecule has 0 aliphatic carbocycles. The molecule has 3 aromatic rings. The molecule has 178 valence electrons. The molecule has 0 amide bonds. The van der Waals surface area contributed by atoms with Crippen LogP contribution in [0.1, 0.15) is 36.7 Å². The molecule has 9 heteroatoms. The van der Waals surface area contributed by atoms with E-state index in [1.165, 1.54) is 5.56 Å². The van der Waals surface area contributed by atoms with Crippen LogP contribution in [0, 0.1) is 13.8 Å². The molecule has 8 nitrogen and oxygen atoms in total. The molecule has 0 fully saturated rings. The highest BCUT2D eigenvalue weighted by atomic mass is 127. The topological polar surface area (TPSA) is 93.8 Å². The average molecular weight is 565 g/mol. The molecule has 1 heterocycles. The second kappa shape index (κ2) is 13.0. The van der Waals surface area contributed by atoms with E-state index in [9.17, 15) is 0 Å². The monoisotopic (exact) mass is 565 g/mol. The molecule has 0 bridgehead atoms. The molecular formula is C24H32IN5O3. The number of halogens is 1. The summed E-state index contributed by atoms with van der Waals surface area (Å²) in [5.74, 6) is 3.37. The molecule has 33 heavy (non-hydrogen) atoms. The van der Waals surface area contributed by atoms with Gasteiger partial charge in [-0.3, -0.25) is 0 Å². The van der Waals surface area contributed by atoms with Crippen molar-refractivity contribution in [2.45, 2.75) is 46.8 Å². The predicted molar refractivity (Wildman–Crippen MR) is 141 cm³/mol. The SMILES string of the molecule is COc1ccc(C)cc1CCNC(=NCc1nc(C)no1)Nc1ccc(OC(C)C)cc1.I. The molecule has 0 radical (unpaired) electrons. The maximum absolute atomic E-state index is 5.71. The number of anilines is 1. The van der Waals surface area contributed by atoms with E-state index in [1.54, 1.807) is 14.0 Å². The van der Waals surface area contributed by atoms with Gasteiger partial charge in [-0.25, -0.2) is 4.99 Å². The van der Waals surface area contributed by atoms with Gasteiger partial charge in [0.1, 0.15) is 18.0 Å². The highest BCUT2D eigenvalue weighted by Gasteiger charge is 2.07. The van der Waals surface area contributed by atoms with E-state index in [0.29, 0.717) is 24.2 Å². The maximum Gasteiger partial charge on any atom is 0.248 e. The minimum absolute atomic E-state index is 0. The summed E-state index contributed by atoms with van der Waals surface area (Å²) >= 11 is 0. The zero-order valence-corrected chi connectivity index (χ0v) is 22.0. The summed E-state index contributed by atoms with van der Waals surface area (Å²) < 4.78 is 16.4. The van der Waals surface area contributed by atoms with Gasteiger partial charge in [0.25, 0.3) is 0 Å². The zero-order chi connectivity index (χ0) is 22.9. The van der Waals surface area contributed by atoms with Crippen LogP contribution in [-0.4, -0.2) is 35.9 Å². The Labute approximate surface area is 212 Å². The summed E-state index contributed by atoms with van der Waals surface area (Å²) in [6, 6.07) is 13.9. The Kier molecular flexibility index (Phi) is 10.4. The lowest BCUT2D eigenvalue weighted by molar-refractivity contribution is 0.242. The molecule has 0 spiro atoms. The minimum atomic E-state index is 0. The zero-order valence-electron chi connectivity index (χ0n) is 19.7. The highest BCUT2D eigenvalue weighted by Crippen LogP contribution is 2.20. The van der Waals surface area contributed by atoms with Crippen molar-refractivity contribution in [1.29, 1.82) is 0 Å². The van der Waals surface area contributed by atoms with Crippen molar-refractivity contribution in [2.24, 2.45) is 4.99 Å². The van der Waals surface area contributed by atoms with E-state index >= 15 is 0 Å². The molecule has 2 N–H and O–H groups in total. The van der Waals surface area contributed by atoms with E-state index < -0.39 is 0 Å². The van der Waals surface area contributed by atoms with Crippen molar-refractivity contribution < 1.29 is 14.0 Å². The summed E-state index contributed by atoms with van der Waals surface area (Å²) in [4.78, 5) is 8.82. The van der Waals surface area contributed by atoms with Crippen molar-refractivity contribution in [3.05, 3.63) is 65.3 Å². The second-order valence-corrected chi connectivity index (χ2v) is 7.71. The van der Waals surface area contributed by atoms with E-state index in [0.717, 1.165) is 29.2 Å². The Balaban J connectivity index is 0.00000385. The van der Waals surface area contributed by atoms with Crippen LogP contribution in [-0.2, 0) is 13.0 Å². The van der Waals surface area contributed by atoms with E-state index in [1.807, 2.05) is 50.2 Å². The number of hydrogen-bond acceptors (Lipinski definition) is 6. The van der Waals surface area contributed by atoms with Gasteiger partial charge in [-0.2, -0.15) is 4.98 Å². The van der Waals surface area contributed by atoms with E-state index in [2.05, 4.69) is 38.8 Å². The van der Waals surface area contributed by atoms with Crippen LogP contribution in [0.15, 0.2) is 52.0 Å². The lowest BCUT2D eigenvalue weighted by Gasteiger charge is -2.15. The van der Waals surface area contributed by atoms with Gasteiger partial charge in [0, 0.05) is 12.2 Å². The number of nitrogens with zero attached hydrogens (tertiary/aromatic N) is 3. The number of rotatable bonds is 9. The van der Waals surface area contributed by atoms with Gasteiger partial charge < -0.3 is 24.6 Å². The third-order valence-corrected chi connectivity index (χ3v) is 4.55. The lowest BCUT2D eigenvalue weighted by Crippen LogP contribution is -2.32. The largest absolute Gasteiger partial charge is 0.496 e. The van der Waals surface area contributed by atoms with Crippen LogP contribution < -0.4 is 20.1 Å². The Hall–Kier alpha value is -2.82. The van der Waals surface area contributed by atoms with Crippen molar-refractivity contribution in [2.75, 3.05) is 19.0 Å². The molecule has 0 saturated carbocycles. The highest BCUT2D eigenvalue weighted by molar-refractivity contribution is 14.0. The Morgan fingerprint density at radius 3 is 2.52 bits per heavy atom. The second-order valence-electron chi connectivity index (χ2n) is 7.71. The van der Waals surface area contributed by atoms with Crippen LogP contribution >= 0.6 is 24.0 Å². The van der Waals surface area contributed by atoms with Gasteiger partial charge in [-0.1, -0.05) is 22.9 Å². The van der Waals surface area contributed by atoms with Gasteiger partial charge in [-0.15, -0.1) is 24.0 Å². The van der Waals surface area contributed by atoms with Gasteiger partial charge in [-0.05, 0) is 70.0 Å². The fourth-order valence-electron chi connectivity index (χ4n) is 3.13. The predicted octanol–water partition coefficient (Wildman–Crippen LogP) is 4.90. The van der Waals surface area contributed by atoms with Crippen LogP contribution in [0.3, 0.4) is 0 Å². The fourth-order valence-corrected chi connectivity index (χ4v) is 3.13. The summed E-state index contributed by atoms with van der Waals surface area (Å²) in [5, 5.41) is 10.5. The van der Waals surface area contributed by atoms with Crippen molar-refractivity contribution in [3.63, 3.8) is 0 Å². The van der Waals surface area contributed by atoms with Gasteiger partial charge in [0.15, 0.2) is 11.8 Å². The molecule has 0 unspecified atom stereocenters. The Morgan fingerprint density at radius 2 is 1.88 bits per heavy atom.